The highest BCUT2D eigenvalue weighted by Crippen LogP contribution is 2.27. The summed E-state index contributed by atoms with van der Waals surface area (Å²) in [6.07, 6.45) is 0.686. The summed E-state index contributed by atoms with van der Waals surface area (Å²) in [5.74, 6) is 1.84. The zero-order valence-corrected chi connectivity index (χ0v) is 22.7. The molecule has 202 valence electrons. The fourth-order valence-electron chi connectivity index (χ4n) is 3.21. The van der Waals surface area contributed by atoms with Crippen molar-refractivity contribution >= 4 is 0 Å². The minimum Gasteiger partial charge on any atom is -0.491 e. The predicted molar refractivity (Wildman–Crippen MR) is 154 cm³/mol. The Balaban J connectivity index is 0.000000194. The first-order valence-electron chi connectivity index (χ1n) is 12.8. The Morgan fingerprint density at radius 2 is 0.865 bits per heavy atom. The van der Waals surface area contributed by atoms with Crippen LogP contribution >= 0.6 is 0 Å². The van der Waals surface area contributed by atoms with E-state index >= 15 is 0 Å². The molecular weight excluding hydrogens is 460 g/mol. The monoisotopic (exact) mass is 506 g/mol. The van der Waals surface area contributed by atoms with E-state index in [0.29, 0.717) is 25.4 Å². The van der Waals surface area contributed by atoms with Crippen LogP contribution in [0.15, 0.2) is 84.9 Å². The molecule has 2 aliphatic heterocycles. The largest absolute Gasteiger partial charge is 0.491 e. The summed E-state index contributed by atoms with van der Waals surface area (Å²) in [5.41, 5.74) is 3.34. The summed E-state index contributed by atoms with van der Waals surface area (Å²) in [6, 6.07) is 28.6. The van der Waals surface area contributed by atoms with Gasteiger partial charge in [-0.1, -0.05) is 110 Å². The Morgan fingerprint density at radius 3 is 1.11 bits per heavy atom. The summed E-state index contributed by atoms with van der Waals surface area (Å²) in [7, 11) is 0. The molecule has 4 nitrogen and oxygen atoms in total. The van der Waals surface area contributed by atoms with E-state index in [1.807, 2.05) is 60.7 Å². The van der Waals surface area contributed by atoms with E-state index in [9.17, 15) is 0 Å². The Hall–Kier alpha value is -2.82. The number of hydrogen-bond acceptors (Lipinski definition) is 4. The van der Waals surface area contributed by atoms with Gasteiger partial charge in [-0.05, 0) is 46.2 Å². The molecule has 0 aliphatic carbocycles. The molecule has 5 rings (SSSR count). The standard InChI is InChI=1S/C14H22.2C9H10O2.CH4/c1-13(2,3)11-7-9-12(10-8-11)14(4,5)6;2*1-2-4-8(5-3-1)10-6-9-7-11-9;/h7-10H,1-6H3;2*1-5,9H,6-7H2;1H4. The van der Waals surface area contributed by atoms with Crippen molar-refractivity contribution in [3.05, 3.63) is 96.1 Å². The van der Waals surface area contributed by atoms with Gasteiger partial charge in [0.05, 0.1) is 13.2 Å². The molecule has 2 atom stereocenters. The molecule has 3 aromatic rings. The van der Waals surface area contributed by atoms with Gasteiger partial charge in [-0.3, -0.25) is 0 Å². The lowest BCUT2D eigenvalue weighted by Gasteiger charge is -2.23. The van der Waals surface area contributed by atoms with E-state index in [1.165, 1.54) is 11.1 Å². The van der Waals surface area contributed by atoms with Gasteiger partial charge in [-0.2, -0.15) is 0 Å². The van der Waals surface area contributed by atoms with Crippen molar-refractivity contribution in [1.29, 1.82) is 0 Å². The van der Waals surface area contributed by atoms with E-state index in [2.05, 4.69) is 65.8 Å². The lowest BCUT2D eigenvalue weighted by atomic mass is 9.82. The van der Waals surface area contributed by atoms with Crippen LogP contribution in [0.2, 0.25) is 0 Å². The Morgan fingerprint density at radius 1 is 0.568 bits per heavy atom. The number of ether oxygens (including phenoxy) is 4. The summed E-state index contributed by atoms with van der Waals surface area (Å²) < 4.78 is 20.8. The van der Waals surface area contributed by atoms with Gasteiger partial charge >= 0.3 is 0 Å². The highest BCUT2D eigenvalue weighted by Gasteiger charge is 2.23. The average molecular weight is 507 g/mol. The minimum absolute atomic E-state index is 0. The van der Waals surface area contributed by atoms with Gasteiger partial charge in [-0.15, -0.1) is 0 Å². The van der Waals surface area contributed by atoms with Gasteiger partial charge in [0.15, 0.2) is 0 Å². The second kappa shape index (κ2) is 14.2. The molecular formula is C33H46O4. The van der Waals surface area contributed by atoms with Gasteiger partial charge in [0, 0.05) is 0 Å². The van der Waals surface area contributed by atoms with Gasteiger partial charge in [0.2, 0.25) is 0 Å². The molecule has 37 heavy (non-hydrogen) atoms. The van der Waals surface area contributed by atoms with Crippen molar-refractivity contribution in [2.45, 2.75) is 72.0 Å². The first-order valence-corrected chi connectivity index (χ1v) is 12.8. The lowest BCUT2D eigenvalue weighted by Crippen LogP contribution is -2.14. The van der Waals surface area contributed by atoms with Crippen molar-refractivity contribution < 1.29 is 18.9 Å². The maximum Gasteiger partial charge on any atom is 0.119 e. The predicted octanol–water partition coefficient (Wildman–Crippen LogP) is 7.85. The second-order valence-corrected chi connectivity index (χ2v) is 11.2. The summed E-state index contributed by atoms with van der Waals surface area (Å²) >= 11 is 0. The van der Waals surface area contributed by atoms with Gasteiger partial charge in [0.1, 0.15) is 36.9 Å². The molecule has 4 heteroatoms. The van der Waals surface area contributed by atoms with Gasteiger partial charge in [-0.25, -0.2) is 0 Å². The van der Waals surface area contributed by atoms with E-state index in [0.717, 1.165) is 24.7 Å². The summed E-state index contributed by atoms with van der Waals surface area (Å²) in [4.78, 5) is 0. The average Bonchev–Trinajstić information content (AvgIpc) is 3.78. The van der Waals surface area contributed by atoms with Crippen molar-refractivity contribution in [3.8, 4) is 11.5 Å². The van der Waals surface area contributed by atoms with Crippen molar-refractivity contribution in [2.75, 3.05) is 26.4 Å². The van der Waals surface area contributed by atoms with Crippen LogP contribution < -0.4 is 9.47 Å². The maximum absolute atomic E-state index is 5.40. The normalized spacial score (nSPS) is 17.6. The molecule has 2 heterocycles. The molecule has 3 aromatic carbocycles. The molecule has 2 unspecified atom stereocenters. The third-order valence-corrected chi connectivity index (χ3v) is 5.78. The highest BCUT2D eigenvalue weighted by molar-refractivity contribution is 5.31. The molecule has 2 fully saturated rings. The number of para-hydroxylation sites is 2. The van der Waals surface area contributed by atoms with Crippen LogP contribution in [0.4, 0.5) is 0 Å². The minimum atomic E-state index is 0. The zero-order chi connectivity index (χ0) is 26.0. The molecule has 0 bridgehead atoms. The number of epoxide rings is 2. The van der Waals surface area contributed by atoms with Crippen LogP contribution in [-0.2, 0) is 20.3 Å². The zero-order valence-electron chi connectivity index (χ0n) is 22.7. The SMILES string of the molecule is C.CC(C)(C)c1ccc(C(C)(C)C)cc1.c1ccc(OCC2CO2)cc1.c1ccc(OCC2CO2)cc1. The highest BCUT2D eigenvalue weighted by atomic mass is 16.6. The fraction of sp³-hybridized carbons (Fsp3) is 0.455. The van der Waals surface area contributed by atoms with Crippen LogP contribution in [0.25, 0.3) is 0 Å². The molecule has 2 aliphatic rings. The van der Waals surface area contributed by atoms with Crippen LogP contribution in [0.5, 0.6) is 11.5 Å². The molecule has 0 spiro atoms. The Bertz CT molecular complexity index is 910. The number of rotatable bonds is 6. The van der Waals surface area contributed by atoms with Crippen LogP contribution in [0.1, 0.15) is 60.1 Å². The molecule has 2 saturated heterocycles. The van der Waals surface area contributed by atoms with E-state index in [4.69, 9.17) is 18.9 Å². The van der Waals surface area contributed by atoms with Crippen molar-refractivity contribution in [1.82, 2.24) is 0 Å². The number of hydrogen-bond donors (Lipinski definition) is 0. The summed E-state index contributed by atoms with van der Waals surface area (Å²) in [6.45, 7) is 16.6. The van der Waals surface area contributed by atoms with Crippen LogP contribution in [0.3, 0.4) is 0 Å². The maximum atomic E-state index is 5.40. The van der Waals surface area contributed by atoms with Crippen molar-refractivity contribution in [2.24, 2.45) is 0 Å². The third kappa shape index (κ3) is 12.3. The van der Waals surface area contributed by atoms with Crippen molar-refractivity contribution in [3.63, 3.8) is 0 Å². The third-order valence-electron chi connectivity index (χ3n) is 5.78. The Labute approximate surface area is 224 Å². The van der Waals surface area contributed by atoms with Crippen LogP contribution in [-0.4, -0.2) is 38.6 Å². The van der Waals surface area contributed by atoms with Gasteiger partial charge < -0.3 is 18.9 Å². The Kier molecular flexibility index (Phi) is 11.7. The van der Waals surface area contributed by atoms with Crippen LogP contribution in [0, 0.1) is 0 Å². The topological polar surface area (TPSA) is 43.5 Å². The molecule has 0 aromatic heterocycles. The quantitative estimate of drug-likeness (QED) is 0.319. The second-order valence-electron chi connectivity index (χ2n) is 11.2. The smallest absolute Gasteiger partial charge is 0.119 e. The first kappa shape index (κ1) is 30.4. The molecule has 0 N–H and O–H groups in total. The molecule has 0 amide bonds. The van der Waals surface area contributed by atoms with Gasteiger partial charge in [0.25, 0.3) is 0 Å². The van der Waals surface area contributed by atoms with E-state index in [1.54, 1.807) is 0 Å². The molecule has 0 radical (unpaired) electrons. The summed E-state index contributed by atoms with van der Waals surface area (Å²) in [5, 5.41) is 0. The fourth-order valence-corrected chi connectivity index (χ4v) is 3.21. The van der Waals surface area contributed by atoms with E-state index in [-0.39, 0.29) is 18.3 Å². The number of benzene rings is 3. The lowest BCUT2D eigenvalue weighted by molar-refractivity contribution is 0.263. The van der Waals surface area contributed by atoms with E-state index < -0.39 is 0 Å². The first-order chi connectivity index (χ1) is 17.1. The molecule has 0 saturated carbocycles.